The van der Waals surface area contributed by atoms with Crippen molar-refractivity contribution in [2.24, 2.45) is 5.73 Å². The van der Waals surface area contributed by atoms with Crippen LogP contribution in [0.3, 0.4) is 0 Å². The Kier molecular flexibility index (Phi) is 10.1. The van der Waals surface area contributed by atoms with Crippen molar-refractivity contribution < 1.29 is 27.8 Å². The average molecular weight is 440 g/mol. The molecule has 2 N–H and O–H groups in total. The second-order valence-electron chi connectivity index (χ2n) is 5.79. The summed E-state index contributed by atoms with van der Waals surface area (Å²) in [4.78, 5) is 24.7. The summed E-state index contributed by atoms with van der Waals surface area (Å²) in [6.07, 6.45) is 1.28. The molecule has 162 valence electrons. The predicted octanol–water partition coefficient (Wildman–Crippen LogP) is 4.48. The van der Waals surface area contributed by atoms with Crippen molar-refractivity contribution in [3.63, 3.8) is 0 Å². The summed E-state index contributed by atoms with van der Waals surface area (Å²) in [5.41, 5.74) is 4.50. The number of allylic oxidation sites excluding steroid dienone is 1. The molecule has 0 atom stereocenters. The standard InChI is InChI=1S/C21H19ClF2O4.CH5N/c1-4-14(21(26)28-5-2)20(25)15-10-13(18(27-3)11-17(15)23)9-12-7-6-8-16(22)19(12)24;1-2/h4,6-8,10-11H,5,9H2,1-3H3;2H2,1H3/b14-4-;. The van der Waals surface area contributed by atoms with Crippen molar-refractivity contribution in [1.29, 1.82) is 0 Å². The third kappa shape index (κ3) is 5.87. The van der Waals surface area contributed by atoms with Gasteiger partial charge in [-0.2, -0.15) is 0 Å². The van der Waals surface area contributed by atoms with Gasteiger partial charge in [0, 0.05) is 12.5 Å². The summed E-state index contributed by atoms with van der Waals surface area (Å²) in [5, 5.41) is -0.0478. The van der Waals surface area contributed by atoms with Crippen molar-refractivity contribution in [2.75, 3.05) is 20.8 Å². The smallest absolute Gasteiger partial charge is 0.341 e. The summed E-state index contributed by atoms with van der Waals surface area (Å²) in [5.74, 6) is -2.99. The highest BCUT2D eigenvalue weighted by Gasteiger charge is 2.25. The van der Waals surface area contributed by atoms with Crippen LogP contribution in [-0.2, 0) is 16.0 Å². The average Bonchev–Trinajstić information content (AvgIpc) is 2.74. The predicted molar refractivity (Wildman–Crippen MR) is 112 cm³/mol. The van der Waals surface area contributed by atoms with Crippen LogP contribution in [0.1, 0.15) is 35.3 Å². The van der Waals surface area contributed by atoms with Gasteiger partial charge in [0.2, 0.25) is 5.78 Å². The van der Waals surface area contributed by atoms with Crippen LogP contribution in [0.4, 0.5) is 8.78 Å². The van der Waals surface area contributed by atoms with Crippen LogP contribution in [0, 0.1) is 11.6 Å². The lowest BCUT2D eigenvalue weighted by Crippen LogP contribution is -2.17. The van der Waals surface area contributed by atoms with Crippen molar-refractivity contribution in [1.82, 2.24) is 0 Å². The number of hydrogen-bond acceptors (Lipinski definition) is 5. The van der Waals surface area contributed by atoms with Gasteiger partial charge in [0.1, 0.15) is 23.0 Å². The molecule has 5 nitrogen and oxygen atoms in total. The number of methoxy groups -OCH3 is 1. The minimum Gasteiger partial charge on any atom is -0.496 e. The molecular formula is C22H24ClF2NO4. The molecule has 2 aromatic rings. The Morgan fingerprint density at radius 1 is 1.17 bits per heavy atom. The zero-order valence-corrected chi connectivity index (χ0v) is 18.0. The number of rotatable bonds is 7. The number of esters is 1. The quantitative estimate of drug-likeness (QED) is 0.226. The molecule has 0 aliphatic carbocycles. The van der Waals surface area contributed by atoms with E-state index in [0.29, 0.717) is 5.56 Å². The highest BCUT2D eigenvalue weighted by molar-refractivity contribution is 6.30. The van der Waals surface area contributed by atoms with E-state index in [9.17, 15) is 18.4 Å². The van der Waals surface area contributed by atoms with Crippen molar-refractivity contribution in [3.8, 4) is 5.75 Å². The fraction of sp³-hybridized carbons (Fsp3) is 0.273. The van der Waals surface area contributed by atoms with Crippen LogP contribution in [0.25, 0.3) is 0 Å². The number of benzene rings is 2. The number of carbonyl (C=O) groups is 2. The summed E-state index contributed by atoms with van der Waals surface area (Å²) < 4.78 is 38.8. The molecule has 0 bridgehead atoms. The van der Waals surface area contributed by atoms with Crippen LogP contribution >= 0.6 is 11.6 Å². The second kappa shape index (κ2) is 12.0. The van der Waals surface area contributed by atoms with Crippen LogP contribution in [-0.4, -0.2) is 32.5 Å². The molecule has 0 aliphatic heterocycles. The van der Waals surface area contributed by atoms with E-state index in [-0.39, 0.29) is 40.5 Å². The Labute approximate surface area is 179 Å². The van der Waals surface area contributed by atoms with Gasteiger partial charge >= 0.3 is 5.97 Å². The van der Waals surface area contributed by atoms with Gasteiger partial charge in [-0.15, -0.1) is 0 Å². The van der Waals surface area contributed by atoms with Crippen LogP contribution in [0.15, 0.2) is 42.0 Å². The van der Waals surface area contributed by atoms with Gasteiger partial charge < -0.3 is 15.2 Å². The topological polar surface area (TPSA) is 78.6 Å². The first-order chi connectivity index (χ1) is 14.3. The fourth-order valence-electron chi connectivity index (χ4n) is 2.69. The maximum absolute atomic E-state index is 14.5. The van der Waals surface area contributed by atoms with Gasteiger partial charge in [0.05, 0.1) is 24.3 Å². The molecule has 0 amide bonds. The van der Waals surface area contributed by atoms with Gasteiger partial charge in [0.15, 0.2) is 0 Å². The molecule has 0 heterocycles. The molecular weight excluding hydrogens is 416 g/mol. The van der Waals surface area contributed by atoms with E-state index in [4.69, 9.17) is 21.1 Å². The number of halogens is 3. The molecule has 0 aromatic heterocycles. The van der Waals surface area contributed by atoms with E-state index in [2.05, 4.69) is 5.73 Å². The monoisotopic (exact) mass is 439 g/mol. The Bertz CT molecular complexity index is 945. The molecule has 8 heteroatoms. The molecule has 0 aliphatic rings. The van der Waals surface area contributed by atoms with E-state index < -0.39 is 23.4 Å². The molecule has 0 radical (unpaired) electrons. The van der Waals surface area contributed by atoms with Gasteiger partial charge in [-0.05, 0) is 44.2 Å². The largest absolute Gasteiger partial charge is 0.496 e. The normalized spacial score (nSPS) is 10.7. The van der Waals surface area contributed by atoms with Crippen molar-refractivity contribution in [3.05, 3.63) is 75.3 Å². The SMILES string of the molecule is C/C=C(\C(=O)OCC)C(=O)c1cc(Cc2cccc(Cl)c2F)c(OC)cc1F.CN. The molecule has 30 heavy (non-hydrogen) atoms. The molecule has 0 saturated heterocycles. The molecule has 0 unspecified atom stereocenters. The summed E-state index contributed by atoms with van der Waals surface area (Å²) in [6, 6.07) is 6.81. The van der Waals surface area contributed by atoms with Crippen LogP contribution in [0.5, 0.6) is 5.75 Å². The number of nitrogens with two attached hydrogens (primary N) is 1. The lowest BCUT2D eigenvalue weighted by molar-refractivity contribution is -0.138. The Morgan fingerprint density at radius 3 is 2.40 bits per heavy atom. The second-order valence-corrected chi connectivity index (χ2v) is 6.19. The van der Waals surface area contributed by atoms with Gasteiger partial charge in [-0.3, -0.25) is 4.79 Å². The van der Waals surface area contributed by atoms with E-state index in [1.165, 1.54) is 45.4 Å². The number of ether oxygens (including phenoxy) is 2. The summed E-state index contributed by atoms with van der Waals surface area (Å²) >= 11 is 5.81. The third-order valence-electron chi connectivity index (χ3n) is 4.06. The Hall–Kier alpha value is -2.77. The maximum atomic E-state index is 14.5. The van der Waals surface area contributed by atoms with E-state index in [1.807, 2.05) is 0 Å². The van der Waals surface area contributed by atoms with Gasteiger partial charge in [0.25, 0.3) is 0 Å². The third-order valence-corrected chi connectivity index (χ3v) is 4.35. The first-order valence-corrected chi connectivity index (χ1v) is 9.46. The molecule has 0 saturated carbocycles. The van der Waals surface area contributed by atoms with Gasteiger partial charge in [-0.25, -0.2) is 13.6 Å². The first-order valence-electron chi connectivity index (χ1n) is 9.09. The molecule has 0 spiro atoms. The van der Waals surface area contributed by atoms with Crippen molar-refractivity contribution >= 4 is 23.4 Å². The number of ketones is 1. The number of hydrogen-bond donors (Lipinski definition) is 1. The number of carbonyl (C=O) groups excluding carboxylic acids is 2. The Balaban J connectivity index is 0.00000218. The minimum atomic E-state index is -0.860. The molecule has 0 fully saturated rings. The van der Waals surface area contributed by atoms with Crippen LogP contribution < -0.4 is 10.5 Å². The number of Topliss-reactive ketones (excluding diaryl/α,β-unsaturated/α-hetero) is 1. The summed E-state index contributed by atoms with van der Waals surface area (Å²) in [7, 11) is 2.84. The van der Waals surface area contributed by atoms with Gasteiger partial charge in [-0.1, -0.05) is 29.8 Å². The summed E-state index contributed by atoms with van der Waals surface area (Å²) in [6.45, 7) is 3.16. The zero-order chi connectivity index (χ0) is 22.8. The van der Waals surface area contributed by atoms with Crippen LogP contribution in [0.2, 0.25) is 5.02 Å². The fourth-order valence-corrected chi connectivity index (χ4v) is 2.88. The maximum Gasteiger partial charge on any atom is 0.341 e. The highest BCUT2D eigenvalue weighted by Crippen LogP contribution is 2.29. The minimum absolute atomic E-state index is 0.0146. The molecule has 2 aromatic carbocycles. The zero-order valence-electron chi connectivity index (χ0n) is 17.2. The highest BCUT2D eigenvalue weighted by atomic mass is 35.5. The van der Waals surface area contributed by atoms with E-state index in [1.54, 1.807) is 13.0 Å². The Morgan fingerprint density at radius 2 is 1.83 bits per heavy atom. The lowest BCUT2D eigenvalue weighted by Gasteiger charge is -2.13. The molecule has 2 rings (SSSR count). The first kappa shape index (κ1) is 25.3. The van der Waals surface area contributed by atoms with E-state index >= 15 is 0 Å². The van der Waals surface area contributed by atoms with Crippen molar-refractivity contribution in [2.45, 2.75) is 20.3 Å². The lowest BCUT2D eigenvalue weighted by atomic mass is 9.96. The van der Waals surface area contributed by atoms with E-state index in [0.717, 1.165) is 6.07 Å².